The highest BCUT2D eigenvalue weighted by Gasteiger charge is 2.30. The van der Waals surface area contributed by atoms with Crippen molar-refractivity contribution in [1.29, 1.82) is 5.26 Å². The summed E-state index contributed by atoms with van der Waals surface area (Å²) < 4.78 is 2.28. The molecule has 1 fully saturated rings. The lowest BCUT2D eigenvalue weighted by molar-refractivity contribution is -0.660. The fraction of sp³-hybridized carbons (Fsp3) is 0.500. The van der Waals surface area contributed by atoms with Crippen molar-refractivity contribution in [3.63, 3.8) is 0 Å². The summed E-state index contributed by atoms with van der Waals surface area (Å²) in [5.74, 6) is 0.727. The first-order valence-electron chi connectivity index (χ1n) is 10.2. The minimum absolute atomic E-state index is 0.451. The van der Waals surface area contributed by atoms with Gasteiger partial charge < -0.3 is 0 Å². The minimum atomic E-state index is -0.904. The maximum Gasteiger partial charge on any atom is 0.212 e. The molecule has 0 amide bonds. The topological polar surface area (TPSA) is 27.7 Å². The molecule has 0 atom stereocenters. The molecule has 3 rings (SSSR count). The van der Waals surface area contributed by atoms with Gasteiger partial charge in [0.15, 0.2) is 6.20 Å². The lowest BCUT2D eigenvalue weighted by Gasteiger charge is -2.32. The molecule has 1 aromatic heterocycles. The minimum Gasteiger partial charge on any atom is -0.201 e. The van der Waals surface area contributed by atoms with Gasteiger partial charge in [-0.2, -0.15) is 5.26 Å². The van der Waals surface area contributed by atoms with Gasteiger partial charge in [0.05, 0.1) is 11.5 Å². The van der Waals surface area contributed by atoms with E-state index < -0.39 is 13.5 Å². The first-order valence-corrected chi connectivity index (χ1v) is 13.6. The van der Waals surface area contributed by atoms with E-state index in [9.17, 15) is 5.26 Å². The van der Waals surface area contributed by atoms with E-state index in [0.29, 0.717) is 0 Å². The standard InChI is InChI=1S/C24H33N2Si/c1-18-15-21(24(2,3)17-25)8-9-22(18)23-10-7-20(16-26(23)4)19-11-13-27(5,6)14-12-19/h7-10,15-16,19H,11-14H2,1-6H3/q+1. The Morgan fingerprint density at radius 2 is 1.78 bits per heavy atom. The number of aromatic nitrogens is 1. The largest absolute Gasteiger partial charge is 0.212 e. The van der Waals surface area contributed by atoms with Crippen LogP contribution in [0.1, 0.15) is 49.3 Å². The maximum atomic E-state index is 9.40. The summed E-state index contributed by atoms with van der Waals surface area (Å²) >= 11 is 0. The highest BCUT2D eigenvalue weighted by molar-refractivity contribution is 6.77. The Hall–Kier alpha value is -1.92. The number of hydrogen-bond acceptors (Lipinski definition) is 1. The van der Waals surface area contributed by atoms with Crippen molar-refractivity contribution in [2.24, 2.45) is 7.05 Å². The first kappa shape index (κ1) is 19.8. The molecule has 2 heterocycles. The molecule has 2 nitrogen and oxygen atoms in total. The highest BCUT2D eigenvalue weighted by Crippen LogP contribution is 2.38. The van der Waals surface area contributed by atoms with Crippen LogP contribution in [-0.4, -0.2) is 8.07 Å². The van der Waals surface area contributed by atoms with Crippen LogP contribution in [-0.2, 0) is 12.5 Å². The number of rotatable bonds is 3. The third-order valence-corrected chi connectivity index (χ3v) is 9.75. The van der Waals surface area contributed by atoms with E-state index in [4.69, 9.17) is 0 Å². The van der Waals surface area contributed by atoms with E-state index in [1.54, 1.807) is 0 Å². The van der Waals surface area contributed by atoms with E-state index in [0.717, 1.165) is 11.5 Å². The zero-order valence-electron chi connectivity index (χ0n) is 17.8. The molecule has 1 saturated heterocycles. The third kappa shape index (κ3) is 4.17. The molecule has 3 heteroatoms. The molecule has 0 N–H and O–H groups in total. The second-order valence-corrected chi connectivity index (χ2v) is 15.0. The average molecular weight is 378 g/mol. The van der Waals surface area contributed by atoms with Crippen LogP contribution in [0.5, 0.6) is 0 Å². The summed E-state index contributed by atoms with van der Waals surface area (Å²) in [6.07, 6.45) is 5.05. The quantitative estimate of drug-likeness (QED) is 0.485. The van der Waals surface area contributed by atoms with Crippen LogP contribution >= 0.6 is 0 Å². The Morgan fingerprint density at radius 1 is 1.11 bits per heavy atom. The second kappa shape index (κ2) is 7.24. The van der Waals surface area contributed by atoms with Gasteiger partial charge in [-0.05, 0) is 62.8 Å². The molecule has 0 saturated carbocycles. The molecule has 2 aromatic rings. The molecule has 0 unspecified atom stereocenters. The van der Waals surface area contributed by atoms with Crippen molar-refractivity contribution in [1.82, 2.24) is 0 Å². The fourth-order valence-electron chi connectivity index (χ4n) is 4.29. The predicted octanol–water partition coefficient (Wildman–Crippen LogP) is 5.87. The van der Waals surface area contributed by atoms with Gasteiger partial charge >= 0.3 is 0 Å². The molecule has 27 heavy (non-hydrogen) atoms. The molecular formula is C24H33N2Si+. The van der Waals surface area contributed by atoms with Crippen molar-refractivity contribution in [3.8, 4) is 17.3 Å². The number of aryl methyl sites for hydroxylation is 2. The van der Waals surface area contributed by atoms with Crippen LogP contribution in [0.2, 0.25) is 25.2 Å². The van der Waals surface area contributed by atoms with Crippen LogP contribution in [0.15, 0.2) is 36.5 Å². The average Bonchev–Trinajstić information content (AvgIpc) is 2.62. The van der Waals surface area contributed by atoms with Gasteiger partial charge in [-0.3, -0.25) is 0 Å². The van der Waals surface area contributed by atoms with Crippen LogP contribution < -0.4 is 4.57 Å². The van der Waals surface area contributed by atoms with Gasteiger partial charge in [-0.15, -0.1) is 0 Å². The molecule has 0 spiro atoms. The zero-order valence-corrected chi connectivity index (χ0v) is 18.8. The maximum absolute atomic E-state index is 9.40. The summed E-state index contributed by atoms with van der Waals surface area (Å²) in [5, 5.41) is 9.40. The Bertz CT molecular complexity index is 880. The van der Waals surface area contributed by atoms with Crippen LogP contribution in [0.25, 0.3) is 11.3 Å². The molecule has 0 radical (unpaired) electrons. The van der Waals surface area contributed by atoms with Crippen molar-refractivity contribution in [2.75, 3.05) is 0 Å². The van der Waals surface area contributed by atoms with Crippen molar-refractivity contribution in [2.45, 2.75) is 70.1 Å². The number of benzene rings is 1. The fourth-order valence-corrected chi connectivity index (χ4v) is 6.80. The van der Waals surface area contributed by atoms with Crippen LogP contribution in [0.3, 0.4) is 0 Å². The Labute approximate surface area is 165 Å². The first-order chi connectivity index (χ1) is 12.6. The predicted molar refractivity (Wildman–Crippen MR) is 116 cm³/mol. The number of hydrogen-bond donors (Lipinski definition) is 0. The normalized spacial score (nSPS) is 17.5. The summed E-state index contributed by atoms with van der Waals surface area (Å²) in [7, 11) is 1.26. The Morgan fingerprint density at radius 3 is 2.33 bits per heavy atom. The van der Waals surface area contributed by atoms with Gasteiger partial charge in [0.1, 0.15) is 7.05 Å². The zero-order chi connectivity index (χ0) is 19.8. The van der Waals surface area contributed by atoms with Crippen LogP contribution in [0, 0.1) is 18.3 Å². The van der Waals surface area contributed by atoms with Gasteiger partial charge in [-0.25, -0.2) is 4.57 Å². The van der Waals surface area contributed by atoms with E-state index in [2.05, 4.69) is 74.2 Å². The summed E-state index contributed by atoms with van der Waals surface area (Å²) in [6, 6.07) is 16.4. The monoisotopic (exact) mass is 377 g/mol. The molecule has 1 aliphatic rings. The Kier molecular flexibility index (Phi) is 5.32. The van der Waals surface area contributed by atoms with E-state index in [1.165, 1.54) is 47.3 Å². The lowest BCUT2D eigenvalue weighted by atomic mass is 9.84. The van der Waals surface area contributed by atoms with Gasteiger partial charge in [-0.1, -0.05) is 37.3 Å². The molecule has 0 aliphatic carbocycles. The molecule has 1 aliphatic heterocycles. The van der Waals surface area contributed by atoms with E-state index in [1.807, 2.05) is 13.8 Å². The van der Waals surface area contributed by atoms with E-state index >= 15 is 0 Å². The number of nitrogens with zero attached hydrogens (tertiary/aromatic N) is 2. The second-order valence-electron chi connectivity index (χ2n) is 9.66. The van der Waals surface area contributed by atoms with Gasteiger partial charge in [0, 0.05) is 25.3 Å². The van der Waals surface area contributed by atoms with Gasteiger partial charge in [0.25, 0.3) is 0 Å². The summed E-state index contributed by atoms with van der Waals surface area (Å²) in [6.45, 7) is 11.2. The van der Waals surface area contributed by atoms with Crippen molar-refractivity contribution < 1.29 is 4.57 Å². The molecule has 142 valence electrons. The smallest absolute Gasteiger partial charge is 0.201 e. The Balaban J connectivity index is 1.88. The number of pyridine rings is 1. The van der Waals surface area contributed by atoms with E-state index in [-0.39, 0.29) is 0 Å². The third-order valence-electron chi connectivity index (χ3n) is 6.47. The number of nitriles is 1. The van der Waals surface area contributed by atoms with Gasteiger partial charge in [0.2, 0.25) is 5.69 Å². The highest BCUT2D eigenvalue weighted by atomic mass is 28.3. The summed E-state index contributed by atoms with van der Waals surface area (Å²) in [5.41, 5.74) is 5.84. The van der Waals surface area contributed by atoms with Crippen LogP contribution in [0.4, 0.5) is 0 Å². The van der Waals surface area contributed by atoms with Crippen molar-refractivity contribution in [3.05, 3.63) is 53.2 Å². The molecular weight excluding hydrogens is 344 g/mol. The SMILES string of the molecule is Cc1cc(C(C)(C)C#N)ccc1-c1ccc(C2CC[Si](C)(C)CC2)c[n+]1C. The molecule has 0 bridgehead atoms. The lowest BCUT2D eigenvalue weighted by Crippen LogP contribution is -2.34. The van der Waals surface area contributed by atoms with Crippen molar-refractivity contribution >= 4 is 8.07 Å². The summed E-state index contributed by atoms with van der Waals surface area (Å²) in [4.78, 5) is 0. The molecule has 1 aromatic carbocycles.